The van der Waals surface area contributed by atoms with E-state index in [2.05, 4.69) is 21.2 Å². The Morgan fingerprint density at radius 1 is 0.870 bits per heavy atom. The molecule has 0 aliphatic carbocycles. The second kappa shape index (κ2) is 15.8. The topological polar surface area (TPSA) is 105 Å². The van der Waals surface area contributed by atoms with Crippen LogP contribution in [0.25, 0.3) is 0 Å². The Morgan fingerprint density at radius 3 is 2.20 bits per heavy atom. The molecule has 0 spiro atoms. The van der Waals surface area contributed by atoms with Crippen LogP contribution >= 0.6 is 15.9 Å². The summed E-state index contributed by atoms with van der Waals surface area (Å²) < 4.78 is 40.8. The molecule has 242 valence electrons. The van der Waals surface area contributed by atoms with Crippen molar-refractivity contribution in [2.24, 2.45) is 0 Å². The van der Waals surface area contributed by atoms with Gasteiger partial charge >= 0.3 is 0 Å². The van der Waals surface area contributed by atoms with Gasteiger partial charge in [0, 0.05) is 19.5 Å². The fourth-order valence-corrected chi connectivity index (χ4v) is 7.12. The van der Waals surface area contributed by atoms with E-state index in [1.54, 1.807) is 55.6 Å². The number of carbonyl (C=O) groups excluding carboxylic acids is 2. The molecule has 0 saturated heterocycles. The van der Waals surface area contributed by atoms with Crippen molar-refractivity contribution in [2.45, 2.75) is 37.8 Å². The van der Waals surface area contributed by atoms with E-state index in [1.807, 2.05) is 50.2 Å². The number of likely N-dealkylation sites (N-methyl/N-ethyl adjacent to an activating group) is 1. The molecule has 0 heterocycles. The highest BCUT2D eigenvalue weighted by molar-refractivity contribution is 9.10. The summed E-state index contributed by atoms with van der Waals surface area (Å²) in [5.41, 5.74) is 2.82. The van der Waals surface area contributed by atoms with E-state index in [1.165, 1.54) is 24.1 Å². The van der Waals surface area contributed by atoms with Crippen LogP contribution in [0.2, 0.25) is 0 Å². The number of nitrogens with one attached hydrogen (secondary N) is 1. The van der Waals surface area contributed by atoms with Crippen molar-refractivity contribution in [1.29, 1.82) is 0 Å². The number of nitrogens with zero attached hydrogens (tertiary/aromatic N) is 2. The molecule has 46 heavy (non-hydrogen) atoms. The number of ether oxygens (including phenoxy) is 2. The van der Waals surface area contributed by atoms with E-state index < -0.39 is 28.5 Å². The fourth-order valence-electron chi connectivity index (χ4n) is 4.99. The minimum absolute atomic E-state index is 0.0301. The molecule has 2 amide bonds. The summed E-state index contributed by atoms with van der Waals surface area (Å²) in [7, 11) is -1.22. The second-order valence-corrected chi connectivity index (χ2v) is 13.3. The Hall–Kier alpha value is -4.35. The van der Waals surface area contributed by atoms with Crippen molar-refractivity contribution in [2.75, 3.05) is 31.6 Å². The number of hydrogen-bond acceptors (Lipinski definition) is 6. The summed E-state index contributed by atoms with van der Waals surface area (Å²) in [5, 5.41) is 2.87. The fraction of sp³-hybridized carbons (Fsp3) is 0.257. The Balaban J connectivity index is 1.81. The molecular formula is C35H38BrN3O6S. The summed E-state index contributed by atoms with van der Waals surface area (Å²) in [4.78, 5) is 29.6. The number of benzene rings is 4. The van der Waals surface area contributed by atoms with Crippen molar-refractivity contribution in [3.8, 4) is 11.5 Å². The molecule has 1 atom stereocenters. The van der Waals surface area contributed by atoms with Gasteiger partial charge in [-0.15, -0.1) is 0 Å². The minimum Gasteiger partial charge on any atom is -0.497 e. The lowest BCUT2D eigenvalue weighted by molar-refractivity contribution is -0.140. The third-order valence-electron chi connectivity index (χ3n) is 7.42. The average Bonchev–Trinajstić information content (AvgIpc) is 3.06. The zero-order chi connectivity index (χ0) is 33.3. The van der Waals surface area contributed by atoms with Crippen LogP contribution in [-0.4, -0.2) is 58.5 Å². The maximum absolute atomic E-state index is 14.5. The summed E-state index contributed by atoms with van der Waals surface area (Å²) in [6, 6.07) is 27.0. The van der Waals surface area contributed by atoms with Gasteiger partial charge in [0.1, 0.15) is 24.1 Å². The molecule has 0 fully saturated rings. The van der Waals surface area contributed by atoms with Gasteiger partial charge in [-0.05, 0) is 83.4 Å². The molecule has 0 bridgehead atoms. The van der Waals surface area contributed by atoms with Crippen LogP contribution in [0, 0.1) is 6.92 Å². The highest BCUT2D eigenvalue weighted by Gasteiger charge is 2.34. The lowest BCUT2D eigenvalue weighted by atomic mass is 10.0. The van der Waals surface area contributed by atoms with Gasteiger partial charge in [0.25, 0.3) is 10.0 Å². The summed E-state index contributed by atoms with van der Waals surface area (Å²) in [5.74, 6) is 0.168. The molecule has 4 aromatic carbocycles. The lowest BCUT2D eigenvalue weighted by Gasteiger charge is -2.34. The van der Waals surface area contributed by atoms with Crippen LogP contribution in [0.15, 0.2) is 106 Å². The standard InChI is InChI=1S/C35H38BrN3O6S/c1-5-37-35(41)32(21-26-10-7-6-8-11-26)38(23-27-12-9-13-29(20-27)44-3)34(40)24-39(28-16-14-25(2)15-17-28)46(42,43)30-18-19-33(45-4)31(36)22-30/h6-20,22,32H,5,21,23-24H2,1-4H3,(H,37,41). The van der Waals surface area contributed by atoms with Gasteiger partial charge in [0.15, 0.2) is 0 Å². The monoisotopic (exact) mass is 707 g/mol. The molecule has 1 N–H and O–H groups in total. The summed E-state index contributed by atoms with van der Waals surface area (Å²) in [6.07, 6.45) is 0.227. The van der Waals surface area contributed by atoms with E-state index >= 15 is 0 Å². The summed E-state index contributed by atoms with van der Waals surface area (Å²) in [6.45, 7) is 3.56. The maximum Gasteiger partial charge on any atom is 0.264 e. The van der Waals surface area contributed by atoms with E-state index in [0.29, 0.717) is 28.2 Å². The molecule has 0 saturated carbocycles. The van der Waals surface area contributed by atoms with Gasteiger partial charge in [0.2, 0.25) is 11.8 Å². The van der Waals surface area contributed by atoms with Gasteiger partial charge in [-0.1, -0.05) is 60.2 Å². The smallest absolute Gasteiger partial charge is 0.264 e. The van der Waals surface area contributed by atoms with Crippen molar-refractivity contribution in [3.63, 3.8) is 0 Å². The van der Waals surface area contributed by atoms with Crippen LogP contribution in [0.3, 0.4) is 0 Å². The highest BCUT2D eigenvalue weighted by atomic mass is 79.9. The number of carbonyl (C=O) groups is 2. The lowest BCUT2D eigenvalue weighted by Crippen LogP contribution is -2.53. The van der Waals surface area contributed by atoms with Crippen LogP contribution in [0.4, 0.5) is 5.69 Å². The average molecular weight is 709 g/mol. The van der Waals surface area contributed by atoms with Gasteiger partial charge in [-0.25, -0.2) is 8.42 Å². The van der Waals surface area contributed by atoms with Crippen LogP contribution in [-0.2, 0) is 32.6 Å². The molecule has 4 rings (SSSR count). The molecular weight excluding hydrogens is 670 g/mol. The third kappa shape index (κ3) is 8.46. The number of anilines is 1. The normalized spacial score (nSPS) is 11.8. The van der Waals surface area contributed by atoms with Gasteiger partial charge < -0.3 is 19.7 Å². The predicted octanol–water partition coefficient (Wildman–Crippen LogP) is 5.75. The first-order valence-electron chi connectivity index (χ1n) is 14.7. The number of halogens is 1. The van der Waals surface area contributed by atoms with Crippen molar-refractivity contribution >= 4 is 43.5 Å². The van der Waals surface area contributed by atoms with E-state index in [0.717, 1.165) is 21.0 Å². The first-order chi connectivity index (χ1) is 22.1. The maximum atomic E-state index is 14.5. The molecule has 4 aromatic rings. The Bertz CT molecular complexity index is 1750. The van der Waals surface area contributed by atoms with E-state index in [9.17, 15) is 18.0 Å². The Labute approximate surface area is 279 Å². The van der Waals surface area contributed by atoms with Crippen LogP contribution < -0.4 is 19.1 Å². The van der Waals surface area contributed by atoms with Gasteiger partial charge in [-0.3, -0.25) is 13.9 Å². The number of sulfonamides is 1. The SMILES string of the molecule is CCNC(=O)C(Cc1ccccc1)N(Cc1cccc(OC)c1)C(=O)CN(c1ccc(C)cc1)S(=O)(=O)c1ccc(OC)c(Br)c1. The van der Waals surface area contributed by atoms with Crippen LogP contribution in [0.5, 0.6) is 11.5 Å². The van der Waals surface area contributed by atoms with Gasteiger partial charge in [-0.2, -0.15) is 0 Å². The summed E-state index contributed by atoms with van der Waals surface area (Å²) >= 11 is 3.38. The van der Waals surface area contributed by atoms with E-state index in [-0.39, 0.29) is 23.8 Å². The molecule has 0 radical (unpaired) electrons. The van der Waals surface area contributed by atoms with Crippen molar-refractivity contribution in [3.05, 3.63) is 118 Å². The molecule has 1 unspecified atom stereocenters. The zero-order valence-electron chi connectivity index (χ0n) is 26.3. The molecule has 11 heteroatoms. The van der Waals surface area contributed by atoms with Crippen molar-refractivity contribution < 1.29 is 27.5 Å². The molecule has 9 nitrogen and oxygen atoms in total. The Kier molecular flexibility index (Phi) is 11.8. The van der Waals surface area contributed by atoms with Crippen LogP contribution in [0.1, 0.15) is 23.6 Å². The van der Waals surface area contributed by atoms with Crippen molar-refractivity contribution in [1.82, 2.24) is 10.2 Å². The Morgan fingerprint density at radius 2 is 1.57 bits per heavy atom. The minimum atomic E-state index is -4.26. The molecule has 0 aliphatic heterocycles. The number of methoxy groups -OCH3 is 2. The third-order valence-corrected chi connectivity index (χ3v) is 9.81. The van der Waals surface area contributed by atoms with E-state index in [4.69, 9.17) is 9.47 Å². The second-order valence-electron chi connectivity index (χ2n) is 10.6. The number of amides is 2. The predicted molar refractivity (Wildman–Crippen MR) is 183 cm³/mol. The quantitative estimate of drug-likeness (QED) is 0.179. The number of rotatable bonds is 14. The highest BCUT2D eigenvalue weighted by Crippen LogP contribution is 2.31. The molecule has 0 aromatic heterocycles. The number of aryl methyl sites for hydroxylation is 1. The van der Waals surface area contributed by atoms with Gasteiger partial charge in [0.05, 0.1) is 29.3 Å². The first kappa shape index (κ1) is 34.5. The number of hydrogen-bond donors (Lipinski definition) is 1. The largest absolute Gasteiger partial charge is 0.497 e. The molecule has 0 aliphatic rings. The first-order valence-corrected chi connectivity index (χ1v) is 17.0. The zero-order valence-corrected chi connectivity index (χ0v) is 28.7.